The zero-order chi connectivity index (χ0) is 15.4. The standard InChI is InChI=1S/C17H11BrN2O3/c18-13-6-15-16(23-17(22-15)14-2-1-3-21-14)12-5-10-8-20-19-7-9(10)4-11(12)13/h1-8,17,19-20H. The van der Waals surface area contributed by atoms with Crippen LogP contribution in [0.5, 0.6) is 11.5 Å². The molecule has 1 aromatic heterocycles. The highest BCUT2D eigenvalue weighted by atomic mass is 79.9. The van der Waals surface area contributed by atoms with Gasteiger partial charge >= 0.3 is 6.29 Å². The van der Waals surface area contributed by atoms with Crippen molar-refractivity contribution in [2.45, 2.75) is 6.29 Å². The molecule has 3 heterocycles. The molecule has 2 aromatic carbocycles. The van der Waals surface area contributed by atoms with E-state index < -0.39 is 6.29 Å². The summed E-state index contributed by atoms with van der Waals surface area (Å²) in [6.07, 6.45) is 4.90. The van der Waals surface area contributed by atoms with E-state index in [1.165, 1.54) is 0 Å². The van der Waals surface area contributed by atoms with Gasteiger partial charge in [0.1, 0.15) is 0 Å². The van der Waals surface area contributed by atoms with Crippen molar-refractivity contribution in [3.63, 3.8) is 0 Å². The molecule has 0 fully saturated rings. The number of benzene rings is 2. The number of hydrazine groups is 1. The van der Waals surface area contributed by atoms with Crippen molar-refractivity contribution in [2.24, 2.45) is 0 Å². The first-order chi connectivity index (χ1) is 11.3. The predicted octanol–water partition coefficient (Wildman–Crippen LogP) is 2.25. The van der Waals surface area contributed by atoms with Gasteiger partial charge in [0.25, 0.3) is 0 Å². The second kappa shape index (κ2) is 4.70. The van der Waals surface area contributed by atoms with Crippen molar-refractivity contribution >= 4 is 39.1 Å². The molecule has 5 nitrogen and oxygen atoms in total. The molecule has 0 saturated heterocycles. The van der Waals surface area contributed by atoms with E-state index in [0.717, 1.165) is 31.4 Å². The topological polar surface area (TPSA) is 55.7 Å². The third-order valence-electron chi connectivity index (χ3n) is 3.98. The summed E-state index contributed by atoms with van der Waals surface area (Å²) in [5.74, 6) is 2.09. The van der Waals surface area contributed by atoms with Gasteiger partial charge in [-0.15, -0.1) is 0 Å². The number of hydrogen-bond acceptors (Lipinski definition) is 5. The Morgan fingerprint density at radius 1 is 0.957 bits per heavy atom. The van der Waals surface area contributed by atoms with Crippen molar-refractivity contribution < 1.29 is 13.9 Å². The lowest BCUT2D eigenvalue weighted by molar-refractivity contribution is 0.0293. The van der Waals surface area contributed by atoms with Gasteiger partial charge < -0.3 is 24.7 Å². The fourth-order valence-corrected chi connectivity index (χ4v) is 3.43. The van der Waals surface area contributed by atoms with Crippen molar-refractivity contribution in [3.05, 3.63) is 57.3 Å². The molecule has 23 heavy (non-hydrogen) atoms. The first-order valence-electron chi connectivity index (χ1n) is 7.14. The minimum Gasteiger partial charge on any atom is -0.461 e. The van der Waals surface area contributed by atoms with Gasteiger partial charge in [0.2, 0.25) is 0 Å². The summed E-state index contributed by atoms with van der Waals surface area (Å²) in [4.78, 5) is 0. The van der Waals surface area contributed by atoms with E-state index in [-0.39, 0.29) is 0 Å². The van der Waals surface area contributed by atoms with E-state index in [4.69, 9.17) is 13.9 Å². The fraction of sp³-hybridized carbons (Fsp3) is 0.0588. The number of furan rings is 1. The van der Waals surface area contributed by atoms with E-state index in [2.05, 4.69) is 38.9 Å². The smallest absolute Gasteiger partial charge is 0.300 e. The normalized spacial score (nSPS) is 17.7. The van der Waals surface area contributed by atoms with Crippen LogP contribution in [0, 0.1) is 0 Å². The second-order valence-electron chi connectivity index (χ2n) is 5.37. The third-order valence-corrected chi connectivity index (χ3v) is 4.64. The van der Waals surface area contributed by atoms with E-state index in [9.17, 15) is 0 Å². The van der Waals surface area contributed by atoms with E-state index >= 15 is 0 Å². The Kier molecular flexibility index (Phi) is 2.63. The third kappa shape index (κ3) is 1.91. The molecule has 2 aliphatic rings. The molecule has 5 rings (SSSR count). The van der Waals surface area contributed by atoms with Gasteiger partial charge in [-0.2, -0.15) is 0 Å². The maximum atomic E-state index is 6.01. The average molecular weight is 371 g/mol. The molecular formula is C17H11BrN2O3. The number of fused-ring (bicyclic) bond motifs is 4. The lowest BCUT2D eigenvalue weighted by Gasteiger charge is -2.09. The molecule has 0 aliphatic carbocycles. The minimum absolute atomic E-state index is 0.552. The molecule has 0 bridgehead atoms. The molecule has 6 heteroatoms. The van der Waals surface area contributed by atoms with E-state index in [0.29, 0.717) is 11.5 Å². The molecule has 0 spiro atoms. The summed E-state index contributed by atoms with van der Waals surface area (Å²) in [6.45, 7) is 0. The lowest BCUT2D eigenvalue weighted by Crippen LogP contribution is -2.38. The Morgan fingerprint density at radius 2 is 1.74 bits per heavy atom. The number of halogens is 1. The van der Waals surface area contributed by atoms with Gasteiger partial charge in [0.05, 0.1) is 6.26 Å². The summed E-state index contributed by atoms with van der Waals surface area (Å²) in [5, 5.41) is 4.26. The Labute approximate surface area is 139 Å². The first kappa shape index (κ1) is 12.9. The van der Waals surface area contributed by atoms with Crippen molar-refractivity contribution in [1.29, 1.82) is 0 Å². The summed E-state index contributed by atoms with van der Waals surface area (Å²) in [7, 11) is 0. The van der Waals surface area contributed by atoms with Crippen LogP contribution < -0.4 is 30.8 Å². The molecule has 0 amide bonds. The summed E-state index contributed by atoms with van der Waals surface area (Å²) >= 11 is 3.63. The zero-order valence-electron chi connectivity index (χ0n) is 11.8. The Hall–Kier alpha value is -2.60. The van der Waals surface area contributed by atoms with Crippen LogP contribution in [-0.4, -0.2) is 0 Å². The summed E-state index contributed by atoms with van der Waals surface area (Å²) < 4.78 is 18.3. The number of ether oxygens (including phenoxy) is 2. The molecule has 0 radical (unpaired) electrons. The molecule has 3 aromatic rings. The van der Waals surface area contributed by atoms with Crippen LogP contribution in [0.2, 0.25) is 0 Å². The fourth-order valence-electron chi connectivity index (χ4n) is 2.90. The van der Waals surface area contributed by atoms with Gasteiger partial charge in [0, 0.05) is 38.1 Å². The molecule has 2 N–H and O–H groups in total. The first-order valence-corrected chi connectivity index (χ1v) is 7.93. The van der Waals surface area contributed by atoms with Gasteiger partial charge in [-0.3, -0.25) is 0 Å². The highest BCUT2D eigenvalue weighted by Crippen LogP contribution is 2.47. The van der Waals surface area contributed by atoms with Crippen LogP contribution in [0.15, 0.2) is 45.5 Å². The van der Waals surface area contributed by atoms with Crippen LogP contribution in [0.4, 0.5) is 0 Å². The monoisotopic (exact) mass is 370 g/mol. The average Bonchev–Trinajstić information content (AvgIpc) is 3.22. The van der Waals surface area contributed by atoms with E-state index in [1.54, 1.807) is 6.26 Å². The van der Waals surface area contributed by atoms with Gasteiger partial charge in [-0.25, -0.2) is 0 Å². The van der Waals surface area contributed by atoms with E-state index in [1.807, 2.05) is 30.6 Å². The van der Waals surface area contributed by atoms with Crippen LogP contribution in [0.3, 0.4) is 0 Å². The predicted molar refractivity (Wildman–Crippen MR) is 88.8 cm³/mol. The Bertz CT molecular complexity index is 1040. The maximum absolute atomic E-state index is 6.01. The Balaban J connectivity index is 1.75. The highest BCUT2D eigenvalue weighted by Gasteiger charge is 2.30. The number of rotatable bonds is 1. The molecule has 114 valence electrons. The Morgan fingerprint density at radius 3 is 2.48 bits per heavy atom. The number of hydrogen-bond donors (Lipinski definition) is 2. The van der Waals surface area contributed by atoms with Crippen molar-refractivity contribution in [3.8, 4) is 11.5 Å². The van der Waals surface area contributed by atoms with Crippen LogP contribution in [0.25, 0.3) is 23.2 Å². The van der Waals surface area contributed by atoms with Crippen LogP contribution in [-0.2, 0) is 0 Å². The number of nitrogens with one attached hydrogen (secondary N) is 2. The van der Waals surface area contributed by atoms with Crippen molar-refractivity contribution in [2.75, 3.05) is 0 Å². The van der Waals surface area contributed by atoms with Crippen molar-refractivity contribution in [1.82, 2.24) is 10.9 Å². The molecule has 0 saturated carbocycles. The molecular weight excluding hydrogens is 360 g/mol. The molecule has 1 atom stereocenters. The molecule has 1 unspecified atom stereocenters. The largest absolute Gasteiger partial charge is 0.461 e. The second-order valence-corrected chi connectivity index (χ2v) is 6.23. The van der Waals surface area contributed by atoms with Crippen LogP contribution in [0.1, 0.15) is 12.1 Å². The quantitative estimate of drug-likeness (QED) is 0.687. The summed E-state index contributed by atoms with van der Waals surface area (Å²) in [5.41, 5.74) is 5.98. The minimum atomic E-state index is -0.552. The van der Waals surface area contributed by atoms with Gasteiger partial charge in [-0.1, -0.05) is 15.9 Å². The SMILES string of the molecule is Brc1cc2c(c3cc4c(cc13)=CNNC=4)OC(c1ccco1)O2. The van der Waals surface area contributed by atoms with Crippen LogP contribution >= 0.6 is 15.9 Å². The molecule has 2 aliphatic heterocycles. The maximum Gasteiger partial charge on any atom is 0.300 e. The summed E-state index contributed by atoms with van der Waals surface area (Å²) in [6, 6.07) is 9.80. The highest BCUT2D eigenvalue weighted by molar-refractivity contribution is 9.10. The lowest BCUT2D eigenvalue weighted by atomic mass is 10.1. The van der Waals surface area contributed by atoms with Gasteiger partial charge in [0.15, 0.2) is 17.3 Å². The van der Waals surface area contributed by atoms with Gasteiger partial charge in [-0.05, 0) is 30.3 Å². The zero-order valence-corrected chi connectivity index (χ0v) is 13.4.